The van der Waals surface area contributed by atoms with Crippen LogP contribution in [0.15, 0.2) is 48.5 Å². The molecule has 0 aliphatic carbocycles. The van der Waals surface area contributed by atoms with Crippen molar-refractivity contribution in [1.29, 1.82) is 0 Å². The summed E-state index contributed by atoms with van der Waals surface area (Å²) in [5.41, 5.74) is 1.94. The molecule has 3 rings (SSSR count). The van der Waals surface area contributed by atoms with Crippen molar-refractivity contribution < 1.29 is 14.0 Å². The van der Waals surface area contributed by atoms with Crippen molar-refractivity contribution in [2.45, 2.75) is 19.8 Å². The maximum absolute atomic E-state index is 13.9. The van der Waals surface area contributed by atoms with Gasteiger partial charge in [-0.2, -0.15) is 0 Å². The number of benzene rings is 2. The van der Waals surface area contributed by atoms with Gasteiger partial charge in [0, 0.05) is 31.7 Å². The lowest BCUT2D eigenvalue weighted by Gasteiger charge is -2.22. The Morgan fingerprint density at radius 3 is 2.12 bits per heavy atom. The second-order valence-corrected chi connectivity index (χ2v) is 6.47. The Bertz CT molecular complexity index is 789. The SMILES string of the molecule is CCc1ccc(C(=O)N2CCCN(C(=O)c3ccccc3F)CC2)cc1. The Labute approximate surface area is 153 Å². The van der Waals surface area contributed by atoms with E-state index >= 15 is 0 Å². The highest BCUT2D eigenvalue weighted by Gasteiger charge is 2.24. The quantitative estimate of drug-likeness (QED) is 0.848. The maximum atomic E-state index is 13.9. The summed E-state index contributed by atoms with van der Waals surface area (Å²) in [5.74, 6) is -0.844. The Morgan fingerprint density at radius 2 is 1.50 bits per heavy atom. The number of rotatable bonds is 3. The van der Waals surface area contributed by atoms with Gasteiger partial charge in [-0.1, -0.05) is 31.2 Å². The minimum atomic E-state index is -0.509. The molecule has 2 aromatic carbocycles. The number of nitrogens with zero attached hydrogens (tertiary/aromatic N) is 2. The molecule has 0 atom stereocenters. The van der Waals surface area contributed by atoms with E-state index in [1.54, 1.807) is 21.9 Å². The zero-order valence-electron chi connectivity index (χ0n) is 15.0. The average molecular weight is 354 g/mol. The van der Waals surface area contributed by atoms with E-state index in [0.29, 0.717) is 38.2 Å². The van der Waals surface area contributed by atoms with Crippen LogP contribution in [0.5, 0.6) is 0 Å². The monoisotopic (exact) mass is 354 g/mol. The molecule has 1 saturated heterocycles. The van der Waals surface area contributed by atoms with Crippen molar-refractivity contribution in [3.63, 3.8) is 0 Å². The lowest BCUT2D eigenvalue weighted by molar-refractivity contribution is 0.0716. The summed E-state index contributed by atoms with van der Waals surface area (Å²) in [5, 5.41) is 0. The standard InChI is InChI=1S/C21H23FN2O2/c1-2-16-8-10-17(11-9-16)20(25)23-12-5-13-24(15-14-23)21(26)18-6-3-4-7-19(18)22/h3-4,6-11H,2,5,12-15H2,1H3. The van der Waals surface area contributed by atoms with Crippen LogP contribution >= 0.6 is 0 Å². The van der Waals surface area contributed by atoms with E-state index in [9.17, 15) is 14.0 Å². The molecular weight excluding hydrogens is 331 g/mol. The fourth-order valence-electron chi connectivity index (χ4n) is 3.19. The predicted octanol–water partition coefficient (Wildman–Crippen LogP) is 3.38. The Morgan fingerprint density at radius 1 is 0.885 bits per heavy atom. The zero-order valence-corrected chi connectivity index (χ0v) is 15.0. The fourth-order valence-corrected chi connectivity index (χ4v) is 3.19. The van der Waals surface area contributed by atoms with Gasteiger partial charge in [-0.25, -0.2) is 4.39 Å². The van der Waals surface area contributed by atoms with Crippen LogP contribution in [-0.2, 0) is 6.42 Å². The average Bonchev–Trinajstić information content (AvgIpc) is 2.93. The minimum Gasteiger partial charge on any atom is -0.337 e. The van der Waals surface area contributed by atoms with Gasteiger partial charge in [0.15, 0.2) is 0 Å². The van der Waals surface area contributed by atoms with Crippen molar-refractivity contribution in [3.05, 3.63) is 71.0 Å². The van der Waals surface area contributed by atoms with Crippen LogP contribution in [-0.4, -0.2) is 47.8 Å². The molecule has 1 aliphatic rings. The van der Waals surface area contributed by atoms with Crippen LogP contribution in [0.4, 0.5) is 4.39 Å². The van der Waals surface area contributed by atoms with Crippen LogP contribution in [0.25, 0.3) is 0 Å². The second-order valence-electron chi connectivity index (χ2n) is 6.47. The van der Waals surface area contributed by atoms with Crippen molar-refractivity contribution in [2.24, 2.45) is 0 Å². The molecule has 5 heteroatoms. The third-order valence-corrected chi connectivity index (χ3v) is 4.78. The number of carbonyl (C=O) groups is 2. The van der Waals surface area contributed by atoms with Crippen LogP contribution < -0.4 is 0 Å². The highest BCUT2D eigenvalue weighted by molar-refractivity contribution is 5.95. The smallest absolute Gasteiger partial charge is 0.256 e. The second kappa shape index (κ2) is 8.13. The first-order valence-electron chi connectivity index (χ1n) is 9.02. The summed E-state index contributed by atoms with van der Waals surface area (Å²) in [4.78, 5) is 28.7. The number of hydrogen-bond donors (Lipinski definition) is 0. The summed E-state index contributed by atoms with van der Waals surface area (Å²) in [6, 6.07) is 13.7. The molecule has 0 spiro atoms. The van der Waals surface area contributed by atoms with E-state index in [2.05, 4.69) is 6.92 Å². The molecule has 0 radical (unpaired) electrons. The third-order valence-electron chi connectivity index (χ3n) is 4.78. The highest BCUT2D eigenvalue weighted by atomic mass is 19.1. The number of hydrogen-bond acceptors (Lipinski definition) is 2. The van der Waals surface area contributed by atoms with Gasteiger partial charge in [0.25, 0.3) is 11.8 Å². The van der Waals surface area contributed by atoms with Crippen LogP contribution in [0, 0.1) is 5.82 Å². The van der Waals surface area contributed by atoms with E-state index < -0.39 is 5.82 Å². The molecule has 2 amide bonds. The molecule has 2 aromatic rings. The molecule has 0 bridgehead atoms. The normalized spacial score (nSPS) is 14.8. The van der Waals surface area contributed by atoms with Gasteiger partial charge in [-0.15, -0.1) is 0 Å². The first-order valence-corrected chi connectivity index (χ1v) is 9.02. The molecule has 1 fully saturated rings. The van der Waals surface area contributed by atoms with Crippen molar-refractivity contribution in [2.75, 3.05) is 26.2 Å². The lowest BCUT2D eigenvalue weighted by atomic mass is 10.1. The maximum Gasteiger partial charge on any atom is 0.256 e. The Balaban J connectivity index is 1.67. The van der Waals surface area contributed by atoms with Crippen molar-refractivity contribution >= 4 is 11.8 Å². The summed E-state index contributed by atoms with van der Waals surface area (Å²) in [7, 11) is 0. The topological polar surface area (TPSA) is 40.6 Å². The summed E-state index contributed by atoms with van der Waals surface area (Å²) >= 11 is 0. The molecule has 0 saturated carbocycles. The summed E-state index contributed by atoms with van der Waals surface area (Å²) < 4.78 is 13.9. The van der Waals surface area contributed by atoms with Gasteiger partial charge in [-0.05, 0) is 42.7 Å². The molecule has 0 aromatic heterocycles. The molecular formula is C21H23FN2O2. The molecule has 26 heavy (non-hydrogen) atoms. The lowest BCUT2D eigenvalue weighted by Crippen LogP contribution is -2.37. The first-order chi connectivity index (χ1) is 12.6. The van der Waals surface area contributed by atoms with E-state index in [-0.39, 0.29) is 17.4 Å². The third kappa shape index (κ3) is 3.93. The van der Waals surface area contributed by atoms with Crippen molar-refractivity contribution in [1.82, 2.24) is 9.80 Å². The zero-order chi connectivity index (χ0) is 18.5. The van der Waals surface area contributed by atoms with Crippen molar-refractivity contribution in [3.8, 4) is 0 Å². The van der Waals surface area contributed by atoms with Gasteiger partial charge < -0.3 is 9.80 Å². The molecule has 136 valence electrons. The van der Waals surface area contributed by atoms with Crippen LogP contribution in [0.1, 0.15) is 39.6 Å². The Hall–Kier alpha value is -2.69. The van der Waals surface area contributed by atoms with Gasteiger partial charge in [-0.3, -0.25) is 9.59 Å². The molecule has 1 aliphatic heterocycles. The molecule has 1 heterocycles. The van der Waals surface area contributed by atoms with Crippen LogP contribution in [0.3, 0.4) is 0 Å². The molecule has 0 N–H and O–H groups in total. The van der Waals surface area contributed by atoms with E-state index in [0.717, 1.165) is 6.42 Å². The summed E-state index contributed by atoms with van der Waals surface area (Å²) in [6.45, 7) is 4.05. The summed E-state index contributed by atoms with van der Waals surface area (Å²) in [6.07, 6.45) is 1.62. The fraction of sp³-hybridized carbons (Fsp3) is 0.333. The predicted molar refractivity (Wildman–Crippen MR) is 98.6 cm³/mol. The Kier molecular flexibility index (Phi) is 5.66. The van der Waals surface area contributed by atoms with Crippen LogP contribution in [0.2, 0.25) is 0 Å². The number of amides is 2. The highest BCUT2D eigenvalue weighted by Crippen LogP contribution is 2.15. The first kappa shape index (κ1) is 18.1. The van der Waals surface area contributed by atoms with Gasteiger partial charge >= 0.3 is 0 Å². The molecule has 4 nitrogen and oxygen atoms in total. The molecule has 0 unspecified atom stereocenters. The number of carbonyl (C=O) groups excluding carboxylic acids is 2. The van der Waals surface area contributed by atoms with E-state index in [1.807, 2.05) is 24.3 Å². The van der Waals surface area contributed by atoms with Gasteiger partial charge in [0.2, 0.25) is 0 Å². The van der Waals surface area contributed by atoms with E-state index in [4.69, 9.17) is 0 Å². The number of halogens is 1. The van der Waals surface area contributed by atoms with Gasteiger partial charge in [0.1, 0.15) is 5.82 Å². The van der Waals surface area contributed by atoms with E-state index in [1.165, 1.54) is 17.7 Å². The largest absolute Gasteiger partial charge is 0.337 e. The van der Waals surface area contributed by atoms with Gasteiger partial charge in [0.05, 0.1) is 5.56 Å². The number of aryl methyl sites for hydroxylation is 1. The minimum absolute atomic E-state index is 0.0205.